The van der Waals surface area contributed by atoms with Gasteiger partial charge in [-0.3, -0.25) is 0 Å². The minimum atomic E-state index is -0.161. The molecule has 0 radical (unpaired) electrons. The third kappa shape index (κ3) is 3.44. The van der Waals surface area contributed by atoms with Gasteiger partial charge in [0.1, 0.15) is 5.82 Å². The number of anilines is 1. The minimum absolute atomic E-state index is 0.161. The second-order valence-electron chi connectivity index (χ2n) is 4.89. The van der Waals surface area contributed by atoms with E-state index >= 15 is 0 Å². The number of rotatable bonds is 3. The van der Waals surface area contributed by atoms with Crippen molar-refractivity contribution < 1.29 is 4.39 Å². The van der Waals surface area contributed by atoms with E-state index in [4.69, 9.17) is 0 Å². The third-order valence-corrected chi connectivity index (χ3v) is 4.21. The van der Waals surface area contributed by atoms with Gasteiger partial charge in [0.15, 0.2) is 0 Å². The summed E-state index contributed by atoms with van der Waals surface area (Å²) in [4.78, 5) is 0. The van der Waals surface area contributed by atoms with Crippen LogP contribution in [0.3, 0.4) is 0 Å². The van der Waals surface area contributed by atoms with Gasteiger partial charge in [-0.15, -0.1) is 0 Å². The molecule has 0 saturated heterocycles. The topological polar surface area (TPSA) is 12.0 Å². The average Bonchev–Trinajstić information content (AvgIpc) is 2.35. The molecular formula is C14H19BrFN. The highest BCUT2D eigenvalue weighted by Gasteiger charge is 2.20. The maximum Gasteiger partial charge on any atom is 0.146 e. The molecule has 1 aromatic rings. The molecule has 0 atom stereocenters. The largest absolute Gasteiger partial charge is 0.380 e. The van der Waals surface area contributed by atoms with Crippen molar-refractivity contribution in [3.8, 4) is 0 Å². The van der Waals surface area contributed by atoms with Crippen molar-refractivity contribution in [2.24, 2.45) is 5.92 Å². The number of hydrogen-bond donors (Lipinski definition) is 1. The third-order valence-electron chi connectivity index (χ3n) is 3.71. The molecule has 3 heteroatoms. The molecule has 0 bridgehead atoms. The average molecular weight is 300 g/mol. The molecule has 0 unspecified atom stereocenters. The van der Waals surface area contributed by atoms with Crippen LogP contribution in [0.2, 0.25) is 0 Å². The lowest BCUT2D eigenvalue weighted by Gasteiger charge is -2.29. The molecular weight excluding hydrogens is 281 g/mol. The van der Waals surface area contributed by atoms with E-state index in [1.807, 2.05) is 6.07 Å². The Kier molecular flexibility index (Phi) is 4.43. The monoisotopic (exact) mass is 299 g/mol. The lowest BCUT2D eigenvalue weighted by Crippen LogP contribution is -2.26. The van der Waals surface area contributed by atoms with Crippen LogP contribution in [0.15, 0.2) is 22.7 Å². The van der Waals surface area contributed by atoms with Gasteiger partial charge in [-0.1, -0.05) is 29.3 Å². The van der Waals surface area contributed by atoms with Gasteiger partial charge in [-0.25, -0.2) is 4.39 Å². The van der Waals surface area contributed by atoms with Gasteiger partial charge in [-0.05, 0) is 49.8 Å². The first kappa shape index (κ1) is 12.9. The number of benzene rings is 1. The highest BCUT2D eigenvalue weighted by atomic mass is 79.9. The molecule has 0 heterocycles. The van der Waals surface area contributed by atoms with Gasteiger partial charge in [0, 0.05) is 10.5 Å². The van der Waals surface area contributed by atoms with E-state index in [0.29, 0.717) is 11.7 Å². The van der Waals surface area contributed by atoms with Crippen molar-refractivity contribution >= 4 is 21.6 Å². The number of hydrogen-bond acceptors (Lipinski definition) is 1. The van der Waals surface area contributed by atoms with E-state index in [1.54, 1.807) is 6.07 Å². The molecule has 1 aromatic carbocycles. The molecule has 17 heavy (non-hydrogen) atoms. The van der Waals surface area contributed by atoms with E-state index in [0.717, 1.165) is 23.2 Å². The van der Waals surface area contributed by atoms with Crippen LogP contribution in [-0.2, 0) is 0 Å². The Labute approximate surface area is 111 Å². The van der Waals surface area contributed by atoms with Gasteiger partial charge in [0.2, 0.25) is 0 Å². The summed E-state index contributed by atoms with van der Waals surface area (Å²) in [6.07, 6.45) is 6.13. The molecule has 2 rings (SSSR count). The fourth-order valence-corrected chi connectivity index (χ4v) is 2.90. The Morgan fingerprint density at radius 3 is 2.65 bits per heavy atom. The zero-order chi connectivity index (χ0) is 12.3. The molecule has 1 aliphatic rings. The molecule has 0 aromatic heterocycles. The van der Waals surface area contributed by atoms with Crippen LogP contribution < -0.4 is 5.32 Å². The predicted octanol–water partition coefficient (Wildman–Crippen LogP) is 4.97. The summed E-state index contributed by atoms with van der Waals surface area (Å²) < 4.78 is 14.5. The van der Waals surface area contributed by atoms with Crippen molar-refractivity contribution in [1.82, 2.24) is 0 Å². The zero-order valence-electron chi connectivity index (χ0n) is 10.2. The Bertz CT molecular complexity index is 372. The maximum atomic E-state index is 13.6. The maximum absolute atomic E-state index is 13.6. The van der Waals surface area contributed by atoms with Crippen LogP contribution >= 0.6 is 15.9 Å². The smallest absolute Gasteiger partial charge is 0.146 e. The van der Waals surface area contributed by atoms with Crippen LogP contribution in [0.1, 0.15) is 39.0 Å². The molecule has 0 spiro atoms. The molecule has 1 saturated carbocycles. The van der Waals surface area contributed by atoms with Crippen LogP contribution in [-0.4, -0.2) is 6.04 Å². The van der Waals surface area contributed by atoms with Gasteiger partial charge >= 0.3 is 0 Å². The van der Waals surface area contributed by atoms with Gasteiger partial charge in [0.25, 0.3) is 0 Å². The number of nitrogens with one attached hydrogen (secondary N) is 1. The van der Waals surface area contributed by atoms with Crippen LogP contribution in [0.25, 0.3) is 0 Å². The van der Waals surface area contributed by atoms with Crippen molar-refractivity contribution in [3.63, 3.8) is 0 Å². The summed E-state index contributed by atoms with van der Waals surface area (Å²) in [6, 6.07) is 5.49. The van der Waals surface area contributed by atoms with Gasteiger partial charge in [-0.2, -0.15) is 0 Å². The summed E-state index contributed by atoms with van der Waals surface area (Å²) in [5.74, 6) is 0.714. The van der Waals surface area contributed by atoms with E-state index in [9.17, 15) is 4.39 Å². The molecule has 1 nitrogen and oxygen atoms in total. The highest BCUT2D eigenvalue weighted by Crippen LogP contribution is 2.29. The Morgan fingerprint density at radius 2 is 2.00 bits per heavy atom. The molecule has 1 fully saturated rings. The fourth-order valence-electron chi connectivity index (χ4n) is 2.54. The minimum Gasteiger partial charge on any atom is -0.380 e. The molecule has 0 aliphatic heterocycles. The summed E-state index contributed by atoms with van der Waals surface area (Å²) in [6.45, 7) is 2.26. The summed E-state index contributed by atoms with van der Waals surface area (Å²) >= 11 is 3.38. The van der Waals surface area contributed by atoms with Gasteiger partial charge in [0.05, 0.1) is 5.69 Å². The van der Waals surface area contributed by atoms with E-state index in [1.165, 1.54) is 25.3 Å². The zero-order valence-corrected chi connectivity index (χ0v) is 11.8. The first-order chi connectivity index (χ1) is 8.19. The summed E-state index contributed by atoms with van der Waals surface area (Å²) in [5.41, 5.74) is 0.624. The Hall–Kier alpha value is -0.570. The lowest BCUT2D eigenvalue weighted by atomic mass is 9.84. The molecule has 0 amide bonds. The van der Waals surface area contributed by atoms with Crippen molar-refractivity contribution in [2.75, 3.05) is 5.32 Å². The Morgan fingerprint density at radius 1 is 1.29 bits per heavy atom. The molecule has 1 N–H and O–H groups in total. The van der Waals surface area contributed by atoms with E-state index in [-0.39, 0.29) is 5.82 Å². The second-order valence-corrected chi connectivity index (χ2v) is 5.81. The number of halogens is 2. The van der Waals surface area contributed by atoms with Crippen molar-refractivity contribution in [3.05, 3.63) is 28.5 Å². The van der Waals surface area contributed by atoms with Crippen LogP contribution in [0, 0.1) is 11.7 Å². The SMILES string of the molecule is CCC1CCC(Nc2cc(Br)ccc2F)CC1. The van der Waals surface area contributed by atoms with Crippen molar-refractivity contribution in [1.29, 1.82) is 0 Å². The molecule has 94 valence electrons. The van der Waals surface area contributed by atoms with E-state index in [2.05, 4.69) is 28.2 Å². The fraction of sp³-hybridized carbons (Fsp3) is 0.571. The van der Waals surface area contributed by atoms with Crippen LogP contribution in [0.4, 0.5) is 10.1 Å². The molecule has 1 aliphatic carbocycles. The Balaban J connectivity index is 1.95. The summed E-state index contributed by atoms with van der Waals surface area (Å²) in [5, 5.41) is 3.33. The van der Waals surface area contributed by atoms with Gasteiger partial charge < -0.3 is 5.32 Å². The first-order valence-corrected chi connectivity index (χ1v) is 7.20. The highest BCUT2D eigenvalue weighted by molar-refractivity contribution is 9.10. The second kappa shape index (κ2) is 5.85. The summed E-state index contributed by atoms with van der Waals surface area (Å²) in [7, 11) is 0. The lowest BCUT2D eigenvalue weighted by molar-refractivity contribution is 0.329. The normalized spacial score (nSPS) is 24.6. The quantitative estimate of drug-likeness (QED) is 0.831. The van der Waals surface area contributed by atoms with Crippen molar-refractivity contribution in [2.45, 2.75) is 45.1 Å². The standard InChI is InChI=1S/C14H19BrFN/c1-2-10-3-6-12(7-4-10)17-14-9-11(15)5-8-13(14)16/h5,8-10,12,17H,2-4,6-7H2,1H3. The van der Waals surface area contributed by atoms with E-state index < -0.39 is 0 Å². The predicted molar refractivity (Wildman–Crippen MR) is 73.8 cm³/mol. The first-order valence-electron chi connectivity index (χ1n) is 6.40. The van der Waals surface area contributed by atoms with Crippen LogP contribution in [0.5, 0.6) is 0 Å².